The number of hydrogen-bond acceptors (Lipinski definition) is 5. The predicted octanol–water partition coefficient (Wildman–Crippen LogP) is 7.93. The molecule has 0 spiro atoms. The summed E-state index contributed by atoms with van der Waals surface area (Å²) in [5, 5.41) is 0. The number of unbranched alkanes of at least 4 members (excludes halogenated alkanes) is 2. The second kappa shape index (κ2) is 12.4. The van der Waals surface area contributed by atoms with Crippen LogP contribution in [0, 0.1) is 10.8 Å². The number of nitrogens with two attached hydrogens (primary N) is 2. The molecule has 0 aromatic heterocycles. The standard InChI is InChI=1S/C32H42F2N2O3/c1-2-3-4-15-30-16-19-31(20-17-30,21-18-30)32(33,34)39-27-12-7-24(8-13-27)9-14-29(37)38-22-5-6-25-10-11-26(35)23-28(25)36/h7-14,23H,2-6,15-22,35-36H2,1H3/b14-9+. The monoisotopic (exact) mass is 540 g/mol. The zero-order valence-electron chi connectivity index (χ0n) is 23.0. The summed E-state index contributed by atoms with van der Waals surface area (Å²) in [6.45, 7) is 2.46. The van der Waals surface area contributed by atoms with Gasteiger partial charge >= 0.3 is 12.1 Å². The van der Waals surface area contributed by atoms with Gasteiger partial charge in [0, 0.05) is 17.5 Å². The molecule has 2 aromatic carbocycles. The first kappa shape index (κ1) is 28.9. The van der Waals surface area contributed by atoms with E-state index in [1.807, 2.05) is 6.07 Å². The van der Waals surface area contributed by atoms with Crippen molar-refractivity contribution in [3.63, 3.8) is 0 Å². The summed E-state index contributed by atoms with van der Waals surface area (Å²) in [6.07, 6.45) is 10.0. The molecule has 0 atom stereocenters. The lowest BCUT2D eigenvalue weighted by Crippen LogP contribution is -2.53. The average molecular weight is 541 g/mol. The molecule has 0 amide bonds. The first-order valence-corrected chi connectivity index (χ1v) is 14.3. The molecule has 2 bridgehead atoms. The van der Waals surface area contributed by atoms with Crippen LogP contribution in [0.3, 0.4) is 0 Å². The summed E-state index contributed by atoms with van der Waals surface area (Å²) in [5.74, 6) is -0.326. The number of esters is 1. The van der Waals surface area contributed by atoms with Gasteiger partial charge in [0.15, 0.2) is 0 Å². The summed E-state index contributed by atoms with van der Waals surface area (Å²) < 4.78 is 41.5. The molecule has 0 heterocycles. The molecule has 0 saturated heterocycles. The normalized spacial score (nSPS) is 22.7. The van der Waals surface area contributed by atoms with Gasteiger partial charge in [-0.15, -0.1) is 0 Å². The highest BCUT2D eigenvalue weighted by atomic mass is 19.3. The largest absolute Gasteiger partial charge is 0.463 e. The molecule has 2 aromatic rings. The molecule has 4 N–H and O–H groups in total. The van der Waals surface area contributed by atoms with Crippen LogP contribution in [-0.2, 0) is 16.0 Å². The SMILES string of the molecule is CCCCCC12CCC(C(F)(F)Oc3ccc(/C=C/C(=O)OCCCc4ccc(N)cc4N)cc3)(CC1)CC2. The zero-order chi connectivity index (χ0) is 27.9. The topological polar surface area (TPSA) is 87.6 Å². The quantitative estimate of drug-likeness (QED) is 0.117. The van der Waals surface area contributed by atoms with E-state index in [1.165, 1.54) is 43.9 Å². The number of nitrogen functional groups attached to an aromatic ring is 2. The summed E-state index contributed by atoms with van der Waals surface area (Å²) in [5.41, 5.74) is 13.8. The van der Waals surface area contributed by atoms with E-state index in [-0.39, 0.29) is 17.8 Å². The lowest BCUT2D eigenvalue weighted by atomic mass is 9.52. The highest BCUT2D eigenvalue weighted by Gasteiger charge is 2.62. The molecule has 7 heteroatoms. The van der Waals surface area contributed by atoms with Gasteiger partial charge in [0.25, 0.3) is 0 Å². The Bertz CT molecular complexity index is 1120. The molecule has 39 heavy (non-hydrogen) atoms. The van der Waals surface area contributed by atoms with Gasteiger partial charge in [-0.2, -0.15) is 8.78 Å². The Labute approximate surface area is 230 Å². The van der Waals surface area contributed by atoms with Crippen molar-refractivity contribution in [3.05, 3.63) is 59.7 Å². The van der Waals surface area contributed by atoms with Gasteiger partial charge < -0.3 is 20.9 Å². The molecule has 5 nitrogen and oxygen atoms in total. The Balaban J connectivity index is 1.23. The van der Waals surface area contributed by atoms with Crippen molar-refractivity contribution in [2.75, 3.05) is 18.1 Å². The van der Waals surface area contributed by atoms with Crippen LogP contribution in [0.25, 0.3) is 6.08 Å². The van der Waals surface area contributed by atoms with Crippen LogP contribution in [0.15, 0.2) is 48.5 Å². The van der Waals surface area contributed by atoms with Crippen LogP contribution in [0.1, 0.15) is 88.7 Å². The van der Waals surface area contributed by atoms with Gasteiger partial charge in [0.2, 0.25) is 0 Å². The number of hydrogen-bond donors (Lipinski definition) is 2. The molecule has 3 fully saturated rings. The Hall–Kier alpha value is -3.09. The number of aryl methyl sites for hydroxylation is 1. The fraction of sp³-hybridized carbons (Fsp3) is 0.531. The van der Waals surface area contributed by atoms with E-state index in [1.54, 1.807) is 30.3 Å². The number of fused-ring (bicyclic) bond motifs is 3. The molecule has 212 valence electrons. The Morgan fingerprint density at radius 1 is 0.974 bits per heavy atom. The van der Waals surface area contributed by atoms with Gasteiger partial charge in [-0.25, -0.2) is 4.79 Å². The van der Waals surface area contributed by atoms with Crippen molar-refractivity contribution in [1.82, 2.24) is 0 Å². The predicted molar refractivity (Wildman–Crippen MR) is 152 cm³/mol. The number of carbonyl (C=O) groups excluding carboxylic acids is 1. The number of ether oxygens (including phenoxy) is 2. The number of carbonyl (C=O) groups is 1. The molecule has 5 rings (SSSR count). The molecule has 3 saturated carbocycles. The van der Waals surface area contributed by atoms with Crippen molar-refractivity contribution >= 4 is 23.4 Å². The van der Waals surface area contributed by atoms with E-state index in [0.29, 0.717) is 49.0 Å². The van der Waals surface area contributed by atoms with E-state index in [2.05, 4.69) is 6.92 Å². The van der Waals surface area contributed by atoms with Gasteiger partial charge in [-0.1, -0.05) is 44.4 Å². The van der Waals surface area contributed by atoms with Crippen LogP contribution in [0.2, 0.25) is 0 Å². The fourth-order valence-electron chi connectivity index (χ4n) is 6.22. The Kier molecular flexibility index (Phi) is 9.19. The number of alkyl halides is 2. The average Bonchev–Trinajstić information content (AvgIpc) is 2.92. The van der Waals surface area contributed by atoms with Gasteiger partial charge in [0.05, 0.1) is 12.0 Å². The first-order valence-electron chi connectivity index (χ1n) is 14.3. The minimum Gasteiger partial charge on any atom is -0.463 e. The maximum absolute atomic E-state index is 15.4. The van der Waals surface area contributed by atoms with E-state index in [0.717, 1.165) is 24.8 Å². The minimum atomic E-state index is -3.21. The fourth-order valence-corrected chi connectivity index (χ4v) is 6.22. The molecular weight excluding hydrogens is 498 g/mol. The van der Waals surface area contributed by atoms with Crippen LogP contribution in [-0.4, -0.2) is 18.7 Å². The van der Waals surface area contributed by atoms with Crippen molar-refractivity contribution in [1.29, 1.82) is 0 Å². The van der Waals surface area contributed by atoms with Gasteiger partial charge in [-0.05, 0) is 105 Å². The summed E-state index contributed by atoms with van der Waals surface area (Å²) in [7, 11) is 0. The highest BCUT2D eigenvalue weighted by molar-refractivity contribution is 5.87. The van der Waals surface area contributed by atoms with Crippen LogP contribution in [0.4, 0.5) is 20.2 Å². The van der Waals surface area contributed by atoms with E-state index in [4.69, 9.17) is 20.9 Å². The van der Waals surface area contributed by atoms with Crippen molar-refractivity contribution < 1.29 is 23.0 Å². The third kappa shape index (κ3) is 7.11. The second-order valence-corrected chi connectivity index (χ2v) is 11.5. The van der Waals surface area contributed by atoms with Crippen LogP contribution >= 0.6 is 0 Å². The second-order valence-electron chi connectivity index (χ2n) is 11.5. The molecule has 0 aliphatic heterocycles. The van der Waals surface area contributed by atoms with Crippen molar-refractivity contribution in [2.24, 2.45) is 10.8 Å². The van der Waals surface area contributed by atoms with Gasteiger partial charge in [0.1, 0.15) is 5.75 Å². The Morgan fingerprint density at radius 3 is 2.31 bits per heavy atom. The molecular formula is C32H42F2N2O3. The van der Waals surface area contributed by atoms with Crippen molar-refractivity contribution in [3.8, 4) is 5.75 Å². The Morgan fingerprint density at radius 2 is 1.67 bits per heavy atom. The third-order valence-corrected chi connectivity index (χ3v) is 8.87. The third-order valence-electron chi connectivity index (χ3n) is 8.87. The van der Waals surface area contributed by atoms with Crippen molar-refractivity contribution in [2.45, 2.75) is 90.1 Å². The van der Waals surface area contributed by atoms with Gasteiger partial charge in [-0.3, -0.25) is 0 Å². The molecule has 0 unspecified atom stereocenters. The first-order chi connectivity index (χ1) is 18.7. The molecule has 3 aliphatic rings. The van der Waals surface area contributed by atoms with E-state index < -0.39 is 17.5 Å². The lowest BCUT2D eigenvalue weighted by molar-refractivity contribution is -0.289. The zero-order valence-corrected chi connectivity index (χ0v) is 23.0. The summed E-state index contributed by atoms with van der Waals surface area (Å²) >= 11 is 0. The lowest BCUT2D eigenvalue weighted by Gasteiger charge is -2.55. The number of rotatable bonds is 13. The number of benzene rings is 2. The number of halogens is 2. The van der Waals surface area contributed by atoms with Crippen LogP contribution in [0.5, 0.6) is 5.75 Å². The number of anilines is 2. The maximum Gasteiger partial charge on any atom is 0.403 e. The maximum atomic E-state index is 15.4. The molecule has 3 aliphatic carbocycles. The highest BCUT2D eigenvalue weighted by Crippen LogP contribution is 2.63. The smallest absolute Gasteiger partial charge is 0.403 e. The van der Waals surface area contributed by atoms with Crippen LogP contribution < -0.4 is 16.2 Å². The molecule has 0 radical (unpaired) electrons. The summed E-state index contributed by atoms with van der Waals surface area (Å²) in [4.78, 5) is 12.1. The van der Waals surface area contributed by atoms with E-state index in [9.17, 15) is 4.79 Å². The summed E-state index contributed by atoms with van der Waals surface area (Å²) in [6, 6.07) is 11.8. The van der Waals surface area contributed by atoms with E-state index >= 15 is 8.78 Å². The minimum absolute atomic E-state index is 0.140.